The molecule has 0 radical (unpaired) electrons. The number of carbonyl (C=O) groups is 1. The first-order chi connectivity index (χ1) is 10.2. The van der Waals surface area contributed by atoms with Crippen LogP contribution in [0.25, 0.3) is 0 Å². The molecule has 0 spiro atoms. The lowest BCUT2D eigenvalue weighted by atomic mass is 9.96. The molecule has 1 aliphatic carbocycles. The largest absolute Gasteiger partial charge is 0.382 e. The normalized spacial score (nSPS) is 15.8. The molecule has 3 N–H and O–H groups in total. The van der Waals surface area contributed by atoms with Gasteiger partial charge in [0.05, 0.1) is 0 Å². The minimum atomic E-state index is -0.116. The van der Waals surface area contributed by atoms with Gasteiger partial charge in [0.15, 0.2) is 5.13 Å². The molecule has 5 nitrogen and oxygen atoms in total. The lowest BCUT2D eigenvalue weighted by molar-refractivity contribution is 0.104. The quantitative estimate of drug-likeness (QED) is 0.848. The summed E-state index contributed by atoms with van der Waals surface area (Å²) >= 11 is 1.33. The van der Waals surface area contributed by atoms with Crippen molar-refractivity contribution in [3.8, 4) is 0 Å². The third kappa shape index (κ3) is 3.21. The molecule has 0 atom stereocenters. The van der Waals surface area contributed by atoms with Gasteiger partial charge in [-0.1, -0.05) is 30.6 Å². The van der Waals surface area contributed by atoms with Gasteiger partial charge >= 0.3 is 0 Å². The van der Waals surface area contributed by atoms with Crippen molar-refractivity contribution in [3.63, 3.8) is 0 Å². The minimum Gasteiger partial charge on any atom is -0.382 e. The number of thiazole rings is 1. The van der Waals surface area contributed by atoms with Crippen LogP contribution in [0.4, 0.5) is 10.9 Å². The van der Waals surface area contributed by atoms with Crippen LogP contribution in [0.1, 0.15) is 47.3 Å². The van der Waals surface area contributed by atoms with Gasteiger partial charge < -0.3 is 11.1 Å². The lowest BCUT2D eigenvalue weighted by Gasteiger charge is -2.22. The summed E-state index contributed by atoms with van der Waals surface area (Å²) in [6.07, 6.45) is 9.32. The second-order valence-electron chi connectivity index (χ2n) is 5.28. The van der Waals surface area contributed by atoms with Gasteiger partial charge in [-0.25, -0.2) is 4.98 Å². The van der Waals surface area contributed by atoms with Crippen LogP contribution in [0, 0.1) is 0 Å². The molecule has 110 valence electrons. The number of carbonyl (C=O) groups excluding carboxylic acids is 1. The highest BCUT2D eigenvalue weighted by molar-refractivity contribution is 7.18. The van der Waals surface area contributed by atoms with E-state index < -0.39 is 0 Å². The number of rotatable bonds is 4. The molecule has 0 unspecified atom stereocenters. The average Bonchev–Trinajstić information content (AvgIpc) is 2.89. The summed E-state index contributed by atoms with van der Waals surface area (Å²) in [6, 6.07) is 3.93. The maximum atomic E-state index is 12.4. The van der Waals surface area contributed by atoms with Crippen molar-refractivity contribution in [3.05, 3.63) is 35.0 Å². The Morgan fingerprint density at radius 3 is 2.86 bits per heavy atom. The molecule has 21 heavy (non-hydrogen) atoms. The Morgan fingerprint density at radius 2 is 2.14 bits per heavy atom. The van der Waals surface area contributed by atoms with E-state index in [2.05, 4.69) is 15.3 Å². The predicted octanol–water partition coefficient (Wildman–Crippen LogP) is 3.10. The number of nitrogens with one attached hydrogen (secondary N) is 1. The van der Waals surface area contributed by atoms with Crippen LogP contribution in [0.2, 0.25) is 0 Å². The summed E-state index contributed by atoms with van der Waals surface area (Å²) in [5, 5.41) is 4.15. The fourth-order valence-corrected chi connectivity index (χ4v) is 3.53. The number of nitrogens with two attached hydrogens (primary N) is 1. The van der Waals surface area contributed by atoms with Crippen molar-refractivity contribution in [1.82, 2.24) is 9.97 Å². The third-order valence-electron chi connectivity index (χ3n) is 3.72. The molecule has 1 aliphatic rings. The van der Waals surface area contributed by atoms with E-state index in [-0.39, 0.29) is 5.78 Å². The van der Waals surface area contributed by atoms with E-state index in [0.29, 0.717) is 22.3 Å². The first-order valence-corrected chi connectivity index (χ1v) is 8.03. The second kappa shape index (κ2) is 6.22. The summed E-state index contributed by atoms with van der Waals surface area (Å²) < 4.78 is 0. The smallest absolute Gasteiger partial charge is 0.208 e. The molecule has 1 saturated carbocycles. The Hall–Kier alpha value is -1.95. The predicted molar refractivity (Wildman–Crippen MR) is 84.7 cm³/mol. The summed E-state index contributed by atoms with van der Waals surface area (Å²) in [4.78, 5) is 21.1. The van der Waals surface area contributed by atoms with Crippen LogP contribution in [-0.4, -0.2) is 21.8 Å². The maximum Gasteiger partial charge on any atom is 0.208 e. The van der Waals surface area contributed by atoms with E-state index in [9.17, 15) is 4.79 Å². The number of nitrogens with zero attached hydrogens (tertiary/aromatic N) is 2. The summed E-state index contributed by atoms with van der Waals surface area (Å²) in [6.45, 7) is 0. The molecule has 6 heteroatoms. The fraction of sp³-hybridized carbons (Fsp3) is 0.400. The molecule has 0 aliphatic heterocycles. The highest BCUT2D eigenvalue weighted by Crippen LogP contribution is 2.29. The van der Waals surface area contributed by atoms with Gasteiger partial charge in [0.25, 0.3) is 0 Å². The van der Waals surface area contributed by atoms with Crippen LogP contribution in [0.15, 0.2) is 24.5 Å². The topological polar surface area (TPSA) is 80.9 Å². The first kappa shape index (κ1) is 14.0. The lowest BCUT2D eigenvalue weighted by Crippen LogP contribution is -2.22. The zero-order chi connectivity index (χ0) is 14.7. The third-order valence-corrected chi connectivity index (χ3v) is 4.72. The van der Waals surface area contributed by atoms with E-state index in [0.717, 1.165) is 18.0 Å². The number of anilines is 2. The van der Waals surface area contributed by atoms with E-state index in [1.165, 1.54) is 30.6 Å². The van der Waals surface area contributed by atoms with E-state index >= 15 is 0 Å². The SMILES string of the molecule is Nc1nc(NC2CCCCC2)sc1C(=O)c1cccnc1. The van der Waals surface area contributed by atoms with Crippen LogP contribution in [0.3, 0.4) is 0 Å². The Morgan fingerprint density at radius 1 is 1.33 bits per heavy atom. The molecule has 3 rings (SSSR count). The number of pyridine rings is 1. The molecule has 2 aromatic rings. The van der Waals surface area contributed by atoms with Crippen molar-refractivity contribution in [1.29, 1.82) is 0 Å². The number of aromatic nitrogens is 2. The number of hydrogen-bond acceptors (Lipinski definition) is 6. The van der Waals surface area contributed by atoms with Crippen molar-refractivity contribution in [2.75, 3.05) is 11.1 Å². The number of ketones is 1. The second-order valence-corrected chi connectivity index (χ2v) is 6.28. The van der Waals surface area contributed by atoms with E-state index in [1.807, 2.05) is 0 Å². The van der Waals surface area contributed by atoms with Crippen molar-refractivity contribution >= 4 is 28.1 Å². The zero-order valence-corrected chi connectivity index (χ0v) is 12.5. The van der Waals surface area contributed by atoms with Crippen molar-refractivity contribution in [2.24, 2.45) is 0 Å². The van der Waals surface area contributed by atoms with Gasteiger partial charge in [-0.3, -0.25) is 9.78 Å². The molecular weight excluding hydrogens is 284 g/mol. The van der Waals surface area contributed by atoms with E-state index in [1.54, 1.807) is 24.5 Å². The van der Waals surface area contributed by atoms with Gasteiger partial charge in [-0.05, 0) is 25.0 Å². The highest BCUT2D eigenvalue weighted by Gasteiger charge is 2.20. The highest BCUT2D eigenvalue weighted by atomic mass is 32.1. The van der Waals surface area contributed by atoms with Crippen molar-refractivity contribution in [2.45, 2.75) is 38.1 Å². The van der Waals surface area contributed by atoms with Crippen LogP contribution in [-0.2, 0) is 0 Å². The molecule has 0 aromatic carbocycles. The average molecular weight is 302 g/mol. The zero-order valence-electron chi connectivity index (χ0n) is 11.7. The molecular formula is C15H18N4OS. The Labute approximate surface area is 127 Å². The van der Waals surface area contributed by atoms with Crippen LogP contribution >= 0.6 is 11.3 Å². The Kier molecular flexibility index (Phi) is 4.15. The summed E-state index contributed by atoms with van der Waals surface area (Å²) in [5.41, 5.74) is 6.44. The van der Waals surface area contributed by atoms with E-state index in [4.69, 9.17) is 5.73 Å². The molecule has 0 amide bonds. The number of hydrogen-bond donors (Lipinski definition) is 2. The summed E-state index contributed by atoms with van der Waals surface area (Å²) in [7, 11) is 0. The number of nitrogen functional groups attached to an aromatic ring is 1. The summed E-state index contributed by atoms with van der Waals surface area (Å²) in [5.74, 6) is 0.182. The van der Waals surface area contributed by atoms with Gasteiger partial charge in [-0.15, -0.1) is 0 Å². The molecule has 1 fully saturated rings. The molecule has 0 bridgehead atoms. The van der Waals surface area contributed by atoms with Gasteiger partial charge in [0.2, 0.25) is 5.78 Å². The molecule has 2 aromatic heterocycles. The molecule has 2 heterocycles. The maximum absolute atomic E-state index is 12.4. The van der Waals surface area contributed by atoms with Gasteiger partial charge in [0.1, 0.15) is 10.7 Å². The minimum absolute atomic E-state index is 0.116. The molecule has 0 saturated heterocycles. The Balaban J connectivity index is 1.76. The van der Waals surface area contributed by atoms with Gasteiger partial charge in [-0.2, -0.15) is 0 Å². The van der Waals surface area contributed by atoms with Crippen LogP contribution < -0.4 is 11.1 Å². The standard InChI is InChI=1S/C15H18N4OS/c16-14-13(12(20)10-5-4-8-17-9-10)21-15(19-14)18-11-6-2-1-3-7-11/h4-5,8-9,11H,1-3,6-7,16H2,(H,18,19). The first-order valence-electron chi connectivity index (χ1n) is 7.21. The van der Waals surface area contributed by atoms with Crippen LogP contribution in [0.5, 0.6) is 0 Å². The monoisotopic (exact) mass is 302 g/mol. The Bertz CT molecular complexity index is 620. The fourth-order valence-electron chi connectivity index (χ4n) is 2.61. The van der Waals surface area contributed by atoms with Gasteiger partial charge in [0, 0.05) is 24.0 Å². The van der Waals surface area contributed by atoms with Crippen molar-refractivity contribution < 1.29 is 4.79 Å².